The van der Waals surface area contributed by atoms with E-state index < -0.39 is 10.0 Å². The van der Waals surface area contributed by atoms with Gasteiger partial charge in [-0.3, -0.25) is 4.79 Å². The molecular weight excluding hydrogens is 466 g/mol. The van der Waals surface area contributed by atoms with Crippen LogP contribution in [0.3, 0.4) is 0 Å². The van der Waals surface area contributed by atoms with Gasteiger partial charge in [0.05, 0.1) is 11.7 Å². The molecule has 2 aromatic heterocycles. The van der Waals surface area contributed by atoms with Crippen molar-refractivity contribution in [1.82, 2.24) is 14.3 Å². The zero-order valence-electron chi connectivity index (χ0n) is 19.6. The van der Waals surface area contributed by atoms with E-state index in [1.54, 1.807) is 25.3 Å². The summed E-state index contributed by atoms with van der Waals surface area (Å²) < 4.78 is 39.1. The quantitative estimate of drug-likeness (QED) is 0.332. The number of pyridine rings is 2. The number of sulfonamides is 1. The third-order valence-electron chi connectivity index (χ3n) is 5.58. The van der Waals surface area contributed by atoms with Crippen LogP contribution in [0.4, 0.5) is 0 Å². The maximum Gasteiger partial charge on any atom is 0.252 e. The number of ether oxygens (including phenoxy) is 2. The Kier molecular flexibility index (Phi) is 7.60. The van der Waals surface area contributed by atoms with Gasteiger partial charge in [-0.2, -0.15) is 4.31 Å². The molecule has 0 fully saturated rings. The van der Waals surface area contributed by atoms with Crippen LogP contribution in [-0.2, 0) is 21.3 Å². The SMILES string of the molecule is COCCCN(Cc1cc2cccc(C)c2[nH]c1=O)S(=O)(=O)c1ccc(Oc2ccccc2)nc1. The number of rotatable bonds is 10. The van der Waals surface area contributed by atoms with E-state index in [9.17, 15) is 13.2 Å². The number of aryl methyl sites for hydroxylation is 1. The summed E-state index contributed by atoms with van der Waals surface area (Å²) in [6.07, 6.45) is 1.74. The fourth-order valence-electron chi connectivity index (χ4n) is 3.74. The van der Waals surface area contributed by atoms with Crippen molar-refractivity contribution in [2.75, 3.05) is 20.3 Å². The van der Waals surface area contributed by atoms with Crippen molar-refractivity contribution in [3.05, 3.63) is 94.4 Å². The molecule has 0 atom stereocenters. The second-order valence-electron chi connectivity index (χ2n) is 8.10. The lowest BCUT2D eigenvalue weighted by molar-refractivity contribution is 0.186. The van der Waals surface area contributed by atoms with Crippen LogP contribution in [-0.4, -0.2) is 43.0 Å². The van der Waals surface area contributed by atoms with E-state index in [0.29, 0.717) is 24.3 Å². The molecule has 9 heteroatoms. The number of fused-ring (bicyclic) bond motifs is 1. The van der Waals surface area contributed by atoms with Gasteiger partial charge in [0.15, 0.2) is 0 Å². The molecule has 4 rings (SSSR count). The number of nitrogens with zero attached hydrogens (tertiary/aromatic N) is 2. The number of hydrogen-bond donors (Lipinski definition) is 1. The molecule has 0 bridgehead atoms. The molecule has 0 aliphatic rings. The van der Waals surface area contributed by atoms with Gasteiger partial charge in [0.25, 0.3) is 5.56 Å². The summed E-state index contributed by atoms with van der Waals surface area (Å²) in [4.78, 5) is 19.9. The Bertz CT molecular complexity index is 1450. The Morgan fingerprint density at radius 3 is 2.54 bits per heavy atom. The van der Waals surface area contributed by atoms with Gasteiger partial charge >= 0.3 is 0 Å². The summed E-state index contributed by atoms with van der Waals surface area (Å²) in [6, 6.07) is 19.5. The lowest BCUT2D eigenvalue weighted by atomic mass is 10.1. The first-order chi connectivity index (χ1) is 16.9. The van der Waals surface area contributed by atoms with Crippen molar-refractivity contribution in [3.8, 4) is 11.6 Å². The van der Waals surface area contributed by atoms with Gasteiger partial charge in [-0.25, -0.2) is 13.4 Å². The van der Waals surface area contributed by atoms with Crippen LogP contribution < -0.4 is 10.3 Å². The number of aromatic nitrogens is 2. The summed E-state index contributed by atoms with van der Waals surface area (Å²) in [5, 5.41) is 0.845. The molecule has 0 saturated carbocycles. The zero-order valence-corrected chi connectivity index (χ0v) is 20.4. The van der Waals surface area contributed by atoms with Crippen LogP contribution in [0.5, 0.6) is 11.6 Å². The third-order valence-corrected chi connectivity index (χ3v) is 7.41. The van der Waals surface area contributed by atoms with E-state index in [-0.39, 0.29) is 29.4 Å². The van der Waals surface area contributed by atoms with E-state index >= 15 is 0 Å². The van der Waals surface area contributed by atoms with E-state index in [4.69, 9.17) is 9.47 Å². The van der Waals surface area contributed by atoms with Crippen LogP contribution in [0, 0.1) is 6.92 Å². The van der Waals surface area contributed by atoms with Crippen LogP contribution >= 0.6 is 0 Å². The van der Waals surface area contributed by atoms with Crippen molar-refractivity contribution >= 4 is 20.9 Å². The molecule has 1 N–H and O–H groups in total. The lowest BCUT2D eigenvalue weighted by Gasteiger charge is -2.22. The highest BCUT2D eigenvalue weighted by atomic mass is 32.2. The van der Waals surface area contributed by atoms with Crippen LogP contribution in [0.15, 0.2) is 82.6 Å². The first-order valence-corrected chi connectivity index (χ1v) is 12.6. The molecule has 4 aromatic rings. The van der Waals surface area contributed by atoms with Gasteiger partial charge in [0.1, 0.15) is 10.6 Å². The molecule has 2 aromatic carbocycles. The van der Waals surface area contributed by atoms with Gasteiger partial charge in [0.2, 0.25) is 15.9 Å². The third kappa shape index (κ3) is 5.76. The number of nitrogens with one attached hydrogen (secondary N) is 1. The summed E-state index contributed by atoms with van der Waals surface area (Å²) in [6.45, 7) is 2.41. The van der Waals surface area contributed by atoms with E-state index in [1.165, 1.54) is 22.6 Å². The number of hydrogen-bond acceptors (Lipinski definition) is 6. The molecule has 0 aliphatic heterocycles. The summed E-state index contributed by atoms with van der Waals surface area (Å²) in [5.74, 6) is 0.880. The maximum atomic E-state index is 13.5. The monoisotopic (exact) mass is 493 g/mol. The summed E-state index contributed by atoms with van der Waals surface area (Å²) in [5.41, 5.74) is 1.73. The highest BCUT2D eigenvalue weighted by Crippen LogP contribution is 2.23. The largest absolute Gasteiger partial charge is 0.439 e. The molecule has 0 spiro atoms. The fraction of sp³-hybridized carbons (Fsp3) is 0.231. The second kappa shape index (κ2) is 10.8. The van der Waals surface area contributed by atoms with Crippen molar-refractivity contribution in [1.29, 1.82) is 0 Å². The van der Waals surface area contributed by atoms with Gasteiger partial charge in [-0.1, -0.05) is 36.4 Å². The Labute approximate surface area is 204 Å². The number of H-pyrrole nitrogens is 1. The molecular formula is C26H27N3O5S. The molecule has 0 radical (unpaired) electrons. The number of para-hydroxylation sites is 2. The molecule has 0 saturated heterocycles. The molecule has 0 unspecified atom stereocenters. The molecule has 0 amide bonds. The van der Waals surface area contributed by atoms with Gasteiger partial charge < -0.3 is 14.5 Å². The predicted octanol–water partition coefficient (Wildman–Crippen LogP) is 4.25. The van der Waals surface area contributed by atoms with Crippen LogP contribution in [0.25, 0.3) is 10.9 Å². The number of benzene rings is 2. The topological polar surface area (TPSA) is 102 Å². The van der Waals surface area contributed by atoms with Crippen molar-refractivity contribution in [2.24, 2.45) is 0 Å². The van der Waals surface area contributed by atoms with E-state index in [0.717, 1.165) is 16.5 Å². The number of aromatic amines is 1. The minimum absolute atomic E-state index is 0.0170. The zero-order chi connectivity index (χ0) is 24.8. The summed E-state index contributed by atoms with van der Waals surface area (Å²) in [7, 11) is -2.38. The van der Waals surface area contributed by atoms with Crippen LogP contribution in [0.1, 0.15) is 17.5 Å². The number of methoxy groups -OCH3 is 1. The minimum atomic E-state index is -3.94. The van der Waals surface area contributed by atoms with E-state index in [2.05, 4.69) is 9.97 Å². The summed E-state index contributed by atoms with van der Waals surface area (Å²) >= 11 is 0. The smallest absolute Gasteiger partial charge is 0.252 e. The first kappa shape index (κ1) is 24.6. The van der Waals surface area contributed by atoms with Gasteiger partial charge in [0, 0.05) is 38.4 Å². The fourth-order valence-corrected chi connectivity index (χ4v) is 5.15. The Morgan fingerprint density at radius 2 is 1.83 bits per heavy atom. The average Bonchev–Trinajstić information content (AvgIpc) is 2.85. The predicted molar refractivity (Wildman–Crippen MR) is 134 cm³/mol. The molecule has 35 heavy (non-hydrogen) atoms. The molecule has 182 valence electrons. The van der Waals surface area contributed by atoms with Gasteiger partial charge in [-0.05, 0) is 48.6 Å². The van der Waals surface area contributed by atoms with Gasteiger partial charge in [-0.15, -0.1) is 0 Å². The normalized spacial score (nSPS) is 11.7. The second-order valence-corrected chi connectivity index (χ2v) is 10.0. The molecule has 8 nitrogen and oxygen atoms in total. The molecule has 0 aliphatic carbocycles. The van der Waals surface area contributed by atoms with Crippen molar-refractivity contribution in [3.63, 3.8) is 0 Å². The highest BCUT2D eigenvalue weighted by molar-refractivity contribution is 7.89. The Morgan fingerprint density at radius 1 is 1.03 bits per heavy atom. The lowest BCUT2D eigenvalue weighted by Crippen LogP contribution is -2.34. The highest BCUT2D eigenvalue weighted by Gasteiger charge is 2.26. The average molecular weight is 494 g/mol. The Balaban J connectivity index is 1.62. The van der Waals surface area contributed by atoms with E-state index in [1.807, 2.05) is 43.3 Å². The maximum absolute atomic E-state index is 13.5. The van der Waals surface area contributed by atoms with Crippen LogP contribution in [0.2, 0.25) is 0 Å². The molecule has 2 heterocycles. The minimum Gasteiger partial charge on any atom is -0.439 e. The Hall–Kier alpha value is -3.53. The van der Waals surface area contributed by atoms with Crippen molar-refractivity contribution < 1.29 is 17.9 Å². The first-order valence-electron chi connectivity index (χ1n) is 11.2. The van der Waals surface area contributed by atoms with Crippen molar-refractivity contribution in [2.45, 2.75) is 24.8 Å². The standard InChI is InChI=1S/C26H27N3O5S/c1-19-8-6-9-20-16-21(26(30)28-25(19)20)18-29(14-7-15-33-2)35(31,32)23-12-13-24(27-17-23)34-22-10-4-3-5-11-22/h3-6,8-13,16-17H,7,14-15,18H2,1-2H3,(H,28,30).